The van der Waals surface area contributed by atoms with Crippen LogP contribution in [-0.4, -0.2) is 30.0 Å². The van der Waals surface area contributed by atoms with Crippen LogP contribution in [-0.2, 0) is 17.6 Å². The average molecular weight is 450 g/mol. The molecule has 0 saturated heterocycles. The Bertz CT molecular complexity index is 1100. The van der Waals surface area contributed by atoms with Gasteiger partial charge in [0, 0.05) is 12.0 Å². The number of hydrogen-bond acceptors (Lipinski definition) is 4. The van der Waals surface area contributed by atoms with Crippen molar-refractivity contribution in [3.8, 4) is 11.8 Å². The Morgan fingerprint density at radius 3 is 2.78 bits per heavy atom. The quantitative estimate of drug-likeness (QED) is 0.683. The number of nitriles is 1. The summed E-state index contributed by atoms with van der Waals surface area (Å²) in [4.78, 5) is 26.2. The minimum Gasteiger partial charge on any atom is -0.488 e. The van der Waals surface area contributed by atoms with Crippen molar-refractivity contribution in [3.63, 3.8) is 0 Å². The van der Waals surface area contributed by atoms with Gasteiger partial charge < -0.3 is 15.4 Å². The maximum Gasteiger partial charge on any atom is 0.252 e. The van der Waals surface area contributed by atoms with Crippen LogP contribution in [0.1, 0.15) is 40.7 Å². The molecule has 1 fully saturated rings. The highest BCUT2D eigenvalue weighted by Gasteiger charge is 2.45. The molecule has 164 valence electrons. The number of hydrogen-bond donors (Lipinski definition) is 2. The van der Waals surface area contributed by atoms with Crippen molar-refractivity contribution in [1.82, 2.24) is 10.6 Å². The minimum absolute atomic E-state index is 0.237. The maximum atomic E-state index is 13.2. The molecule has 1 aliphatic carbocycles. The molecule has 32 heavy (non-hydrogen) atoms. The van der Waals surface area contributed by atoms with E-state index < -0.39 is 11.6 Å². The lowest BCUT2D eigenvalue weighted by atomic mass is 10.00. The second-order valence-corrected chi connectivity index (χ2v) is 8.56. The monoisotopic (exact) mass is 449 g/mol. The third kappa shape index (κ3) is 5.12. The molecule has 6 nitrogen and oxygen atoms in total. The number of allylic oxidation sites excluding steroid dienone is 1. The van der Waals surface area contributed by atoms with Crippen molar-refractivity contribution in [3.05, 3.63) is 76.3 Å². The molecule has 2 N–H and O–H groups in total. The van der Waals surface area contributed by atoms with Gasteiger partial charge in [-0.2, -0.15) is 5.26 Å². The SMILES string of the molecule is N#CC1(NC(=O)[C@@H]2Cc3ccc(c(Cl)c3)OC/C=C\CCc3ccccc3C(=O)N2)CC1. The number of halogens is 1. The van der Waals surface area contributed by atoms with Gasteiger partial charge >= 0.3 is 0 Å². The molecule has 0 spiro atoms. The fraction of sp³-hybridized carbons (Fsp3) is 0.320. The summed E-state index contributed by atoms with van der Waals surface area (Å²) in [6, 6.07) is 14.0. The summed E-state index contributed by atoms with van der Waals surface area (Å²) in [5.41, 5.74) is 1.40. The van der Waals surface area contributed by atoms with Gasteiger partial charge in [0.1, 0.15) is 23.9 Å². The summed E-state index contributed by atoms with van der Waals surface area (Å²) in [7, 11) is 0. The van der Waals surface area contributed by atoms with Gasteiger partial charge in [0.25, 0.3) is 5.91 Å². The van der Waals surface area contributed by atoms with Crippen LogP contribution in [0.15, 0.2) is 54.6 Å². The van der Waals surface area contributed by atoms with Gasteiger partial charge in [-0.05, 0) is 55.0 Å². The topological polar surface area (TPSA) is 91.2 Å². The number of ether oxygens (including phenoxy) is 1. The molecule has 1 saturated carbocycles. The first-order valence-corrected chi connectivity index (χ1v) is 11.1. The number of rotatable bonds is 2. The van der Waals surface area contributed by atoms with Crippen molar-refractivity contribution in [2.75, 3.05) is 6.61 Å². The van der Waals surface area contributed by atoms with E-state index in [2.05, 4.69) is 16.7 Å². The fourth-order valence-corrected chi connectivity index (χ4v) is 3.96. The van der Waals surface area contributed by atoms with Gasteiger partial charge in [0.05, 0.1) is 11.1 Å². The van der Waals surface area contributed by atoms with Crippen molar-refractivity contribution in [2.45, 2.75) is 43.7 Å². The zero-order valence-electron chi connectivity index (χ0n) is 17.6. The highest BCUT2D eigenvalue weighted by Crippen LogP contribution is 2.34. The number of carbonyl (C=O) groups excluding carboxylic acids is 2. The Morgan fingerprint density at radius 2 is 2.03 bits per heavy atom. The van der Waals surface area contributed by atoms with Gasteiger partial charge in [0.15, 0.2) is 0 Å². The third-order valence-electron chi connectivity index (χ3n) is 5.73. The summed E-state index contributed by atoms with van der Waals surface area (Å²) in [5, 5.41) is 15.5. The standard InChI is InChI=1S/C25H24ClN3O3/c26-20-14-17-9-10-22(20)32-13-5-1-2-6-18-7-3-4-8-19(18)23(30)28-21(15-17)24(31)29-25(16-27)11-12-25/h1,3-5,7-10,14,21H,2,6,11-13,15H2,(H,28,30)(H,29,31)/b5-1-/t21-/m0/s1. The minimum atomic E-state index is -0.850. The molecule has 2 heterocycles. The molecule has 0 radical (unpaired) electrons. The van der Waals surface area contributed by atoms with E-state index in [1.54, 1.807) is 18.2 Å². The highest BCUT2D eigenvalue weighted by molar-refractivity contribution is 6.32. The molecular weight excluding hydrogens is 426 g/mol. The van der Waals surface area contributed by atoms with Gasteiger partial charge in [-0.1, -0.05) is 48.0 Å². The molecule has 2 aromatic rings. The van der Waals surface area contributed by atoms with Crippen LogP contribution in [0.2, 0.25) is 5.02 Å². The van der Waals surface area contributed by atoms with E-state index >= 15 is 0 Å². The third-order valence-corrected chi connectivity index (χ3v) is 6.02. The Hall–Kier alpha value is -3.30. The van der Waals surface area contributed by atoms with Crippen LogP contribution in [0.4, 0.5) is 0 Å². The Morgan fingerprint density at radius 1 is 1.22 bits per heavy atom. The first-order chi connectivity index (χ1) is 15.5. The molecule has 0 unspecified atom stereocenters. The summed E-state index contributed by atoms with van der Waals surface area (Å²) in [6.07, 6.45) is 6.84. The molecule has 2 amide bonds. The number of amides is 2. The van der Waals surface area contributed by atoms with Crippen LogP contribution in [0.25, 0.3) is 0 Å². The zero-order valence-corrected chi connectivity index (χ0v) is 18.3. The van der Waals surface area contributed by atoms with Gasteiger partial charge in [0.2, 0.25) is 5.91 Å². The van der Waals surface area contributed by atoms with Crippen molar-refractivity contribution < 1.29 is 14.3 Å². The summed E-state index contributed by atoms with van der Waals surface area (Å²) >= 11 is 6.38. The summed E-state index contributed by atoms with van der Waals surface area (Å²) in [5.74, 6) is -0.135. The first-order valence-electron chi connectivity index (χ1n) is 10.7. The van der Waals surface area contributed by atoms with E-state index in [0.717, 1.165) is 17.5 Å². The fourth-order valence-electron chi connectivity index (χ4n) is 3.70. The van der Waals surface area contributed by atoms with Crippen molar-refractivity contribution in [2.24, 2.45) is 0 Å². The van der Waals surface area contributed by atoms with Crippen LogP contribution in [0.5, 0.6) is 5.75 Å². The lowest BCUT2D eigenvalue weighted by molar-refractivity contribution is -0.123. The number of aryl methyl sites for hydroxylation is 1. The van der Waals surface area contributed by atoms with Gasteiger partial charge in [-0.3, -0.25) is 9.59 Å². The largest absolute Gasteiger partial charge is 0.488 e. The molecular formula is C25H24ClN3O3. The molecule has 1 atom stereocenters. The molecule has 2 bridgehead atoms. The van der Waals surface area contributed by atoms with Crippen LogP contribution < -0.4 is 15.4 Å². The maximum absolute atomic E-state index is 13.2. The van der Waals surface area contributed by atoms with Gasteiger partial charge in [-0.25, -0.2) is 0 Å². The summed E-state index contributed by atoms with van der Waals surface area (Å²) < 4.78 is 5.74. The molecule has 2 aliphatic heterocycles. The van der Waals surface area contributed by atoms with Crippen molar-refractivity contribution in [1.29, 1.82) is 5.26 Å². The second kappa shape index (κ2) is 9.46. The average Bonchev–Trinajstić information content (AvgIpc) is 3.56. The Kier molecular flexibility index (Phi) is 6.48. The molecule has 5 rings (SSSR count). The highest BCUT2D eigenvalue weighted by atomic mass is 35.5. The number of nitrogens with zero attached hydrogens (tertiary/aromatic N) is 1. The van der Waals surface area contributed by atoms with E-state index in [1.165, 1.54) is 0 Å². The van der Waals surface area contributed by atoms with E-state index in [9.17, 15) is 14.9 Å². The molecule has 2 aromatic carbocycles. The molecule has 3 aliphatic rings. The van der Waals surface area contributed by atoms with E-state index in [0.29, 0.717) is 42.2 Å². The molecule has 0 aromatic heterocycles. The summed E-state index contributed by atoms with van der Waals surface area (Å²) in [6.45, 7) is 0.391. The predicted octanol–water partition coefficient (Wildman–Crippen LogP) is 3.73. The van der Waals surface area contributed by atoms with E-state index in [1.807, 2.05) is 36.4 Å². The number of carbonyl (C=O) groups is 2. The number of nitrogens with one attached hydrogen (secondary N) is 2. The number of fused-ring (bicyclic) bond motifs is 9. The lowest BCUT2D eigenvalue weighted by Gasteiger charge is -2.21. The lowest BCUT2D eigenvalue weighted by Crippen LogP contribution is -2.51. The predicted molar refractivity (Wildman–Crippen MR) is 122 cm³/mol. The Labute approximate surface area is 192 Å². The second-order valence-electron chi connectivity index (χ2n) is 8.16. The van der Waals surface area contributed by atoms with Gasteiger partial charge in [-0.15, -0.1) is 0 Å². The van der Waals surface area contributed by atoms with Crippen LogP contribution in [0.3, 0.4) is 0 Å². The first kappa shape index (κ1) is 21.9. The number of benzene rings is 2. The van der Waals surface area contributed by atoms with E-state index in [4.69, 9.17) is 16.3 Å². The molecule has 7 heteroatoms. The van der Waals surface area contributed by atoms with E-state index in [-0.39, 0.29) is 18.2 Å². The zero-order chi connectivity index (χ0) is 22.6. The Balaban J connectivity index is 1.65. The smallest absolute Gasteiger partial charge is 0.252 e. The van der Waals surface area contributed by atoms with Crippen LogP contribution >= 0.6 is 11.6 Å². The normalized spacial score (nSPS) is 20.8. The van der Waals surface area contributed by atoms with Crippen molar-refractivity contribution >= 4 is 23.4 Å². The van der Waals surface area contributed by atoms with Crippen LogP contribution in [0, 0.1) is 11.3 Å².